The number of methoxy groups -OCH3 is 1. The maximum atomic E-state index is 10.1. The summed E-state index contributed by atoms with van der Waals surface area (Å²) < 4.78 is 6.92. The van der Waals surface area contributed by atoms with Crippen LogP contribution in [0, 0.1) is 6.92 Å². The standard InChI is InChI=1S/C10H18N2O2/c1-7-6-11-12(4)8(7)9(13)10(2,3)14-5/h6,9,13H,1-5H3. The van der Waals surface area contributed by atoms with Gasteiger partial charge in [-0.25, -0.2) is 0 Å². The Labute approximate surface area is 84.5 Å². The summed E-state index contributed by atoms with van der Waals surface area (Å²) in [5.74, 6) is 0. The van der Waals surface area contributed by atoms with Gasteiger partial charge in [0.15, 0.2) is 0 Å². The smallest absolute Gasteiger partial charge is 0.124 e. The number of rotatable bonds is 3. The van der Waals surface area contributed by atoms with Crippen LogP contribution in [-0.4, -0.2) is 27.6 Å². The van der Waals surface area contributed by atoms with Crippen LogP contribution < -0.4 is 0 Å². The molecule has 1 atom stereocenters. The van der Waals surface area contributed by atoms with Crippen LogP contribution in [0.15, 0.2) is 6.20 Å². The fourth-order valence-corrected chi connectivity index (χ4v) is 1.39. The van der Waals surface area contributed by atoms with E-state index in [0.717, 1.165) is 11.3 Å². The molecule has 0 aromatic carbocycles. The van der Waals surface area contributed by atoms with E-state index in [1.807, 2.05) is 27.8 Å². The molecule has 4 heteroatoms. The third kappa shape index (κ3) is 1.81. The highest BCUT2D eigenvalue weighted by atomic mass is 16.5. The van der Waals surface area contributed by atoms with E-state index < -0.39 is 11.7 Å². The average Bonchev–Trinajstić information content (AvgIpc) is 2.45. The summed E-state index contributed by atoms with van der Waals surface area (Å²) in [6, 6.07) is 0. The molecule has 0 fully saturated rings. The van der Waals surface area contributed by atoms with Crippen LogP contribution in [0.1, 0.15) is 31.2 Å². The second-order valence-electron chi connectivity index (χ2n) is 4.05. The summed E-state index contributed by atoms with van der Waals surface area (Å²) in [4.78, 5) is 0. The zero-order valence-electron chi connectivity index (χ0n) is 9.40. The summed E-state index contributed by atoms with van der Waals surface area (Å²) in [5.41, 5.74) is 1.18. The maximum Gasteiger partial charge on any atom is 0.124 e. The van der Waals surface area contributed by atoms with Crippen molar-refractivity contribution in [1.82, 2.24) is 9.78 Å². The van der Waals surface area contributed by atoms with Crippen molar-refractivity contribution in [2.45, 2.75) is 32.5 Å². The van der Waals surface area contributed by atoms with Crippen molar-refractivity contribution < 1.29 is 9.84 Å². The van der Waals surface area contributed by atoms with Gasteiger partial charge in [0.05, 0.1) is 17.5 Å². The first-order chi connectivity index (χ1) is 6.40. The topological polar surface area (TPSA) is 47.3 Å². The zero-order valence-corrected chi connectivity index (χ0v) is 9.40. The van der Waals surface area contributed by atoms with Gasteiger partial charge in [-0.2, -0.15) is 5.10 Å². The third-order valence-electron chi connectivity index (χ3n) is 2.62. The van der Waals surface area contributed by atoms with Crippen molar-refractivity contribution in [2.24, 2.45) is 7.05 Å². The van der Waals surface area contributed by atoms with Gasteiger partial charge in [0.25, 0.3) is 0 Å². The summed E-state index contributed by atoms with van der Waals surface area (Å²) in [6.07, 6.45) is 1.07. The molecule has 0 saturated carbocycles. The second kappa shape index (κ2) is 3.71. The molecule has 0 aliphatic carbocycles. The zero-order chi connectivity index (χ0) is 10.9. The van der Waals surface area contributed by atoms with Crippen LogP contribution in [0.25, 0.3) is 0 Å². The number of aliphatic hydroxyl groups excluding tert-OH is 1. The van der Waals surface area contributed by atoms with E-state index in [4.69, 9.17) is 4.74 Å². The first-order valence-electron chi connectivity index (χ1n) is 4.62. The number of aromatic nitrogens is 2. The Balaban J connectivity index is 3.06. The van der Waals surface area contributed by atoms with Gasteiger partial charge in [-0.05, 0) is 26.3 Å². The van der Waals surface area contributed by atoms with Crippen LogP contribution >= 0.6 is 0 Å². The predicted molar refractivity (Wildman–Crippen MR) is 54.0 cm³/mol. The molecule has 0 radical (unpaired) electrons. The molecule has 0 aliphatic heterocycles. The first-order valence-corrected chi connectivity index (χ1v) is 4.62. The van der Waals surface area contributed by atoms with Gasteiger partial charge < -0.3 is 9.84 Å². The van der Waals surface area contributed by atoms with Gasteiger partial charge in [0.2, 0.25) is 0 Å². The lowest BCUT2D eigenvalue weighted by Crippen LogP contribution is -2.33. The molecule has 0 saturated heterocycles. The van der Waals surface area contributed by atoms with Crippen molar-refractivity contribution >= 4 is 0 Å². The number of ether oxygens (including phenoxy) is 1. The van der Waals surface area contributed by atoms with Gasteiger partial charge in [-0.1, -0.05) is 0 Å². The first kappa shape index (κ1) is 11.2. The van der Waals surface area contributed by atoms with Crippen LogP contribution in [0.3, 0.4) is 0 Å². The Morgan fingerprint density at radius 2 is 2.14 bits per heavy atom. The van der Waals surface area contributed by atoms with Crippen molar-refractivity contribution in [2.75, 3.05) is 7.11 Å². The fraction of sp³-hybridized carbons (Fsp3) is 0.700. The highest BCUT2D eigenvalue weighted by Crippen LogP contribution is 2.29. The summed E-state index contributed by atoms with van der Waals surface area (Å²) in [7, 11) is 3.41. The molecule has 0 spiro atoms. The molecular weight excluding hydrogens is 180 g/mol. The molecule has 0 aliphatic rings. The molecule has 1 aromatic rings. The molecule has 0 bridgehead atoms. The number of nitrogens with zero attached hydrogens (tertiary/aromatic N) is 2. The Kier molecular flexibility index (Phi) is 2.97. The second-order valence-corrected chi connectivity index (χ2v) is 4.05. The van der Waals surface area contributed by atoms with Gasteiger partial charge in [-0.15, -0.1) is 0 Å². The van der Waals surface area contributed by atoms with Gasteiger partial charge >= 0.3 is 0 Å². The van der Waals surface area contributed by atoms with Gasteiger partial charge in [0, 0.05) is 14.2 Å². The Morgan fingerprint density at radius 1 is 1.57 bits per heavy atom. The number of hydrogen-bond donors (Lipinski definition) is 1. The monoisotopic (exact) mass is 198 g/mol. The largest absolute Gasteiger partial charge is 0.384 e. The fourth-order valence-electron chi connectivity index (χ4n) is 1.39. The van der Waals surface area contributed by atoms with Crippen LogP contribution in [0.5, 0.6) is 0 Å². The Morgan fingerprint density at radius 3 is 2.50 bits per heavy atom. The summed E-state index contributed by atoms with van der Waals surface area (Å²) in [5, 5.41) is 14.2. The number of aryl methyl sites for hydroxylation is 2. The van der Waals surface area contributed by atoms with Crippen LogP contribution in [0.2, 0.25) is 0 Å². The average molecular weight is 198 g/mol. The quantitative estimate of drug-likeness (QED) is 0.793. The van der Waals surface area contributed by atoms with E-state index in [1.54, 1.807) is 18.0 Å². The molecule has 0 amide bonds. The minimum absolute atomic E-state index is 0.599. The van der Waals surface area contributed by atoms with Gasteiger partial charge in [-0.3, -0.25) is 4.68 Å². The molecule has 1 rings (SSSR count). The van der Waals surface area contributed by atoms with E-state index in [-0.39, 0.29) is 0 Å². The van der Waals surface area contributed by atoms with Crippen molar-refractivity contribution in [1.29, 1.82) is 0 Å². The lowest BCUT2D eigenvalue weighted by Gasteiger charge is -2.29. The van der Waals surface area contributed by atoms with E-state index in [9.17, 15) is 5.11 Å². The summed E-state index contributed by atoms with van der Waals surface area (Å²) >= 11 is 0. The minimum Gasteiger partial charge on any atom is -0.384 e. The molecule has 80 valence electrons. The molecule has 14 heavy (non-hydrogen) atoms. The van der Waals surface area contributed by atoms with Gasteiger partial charge in [0.1, 0.15) is 6.10 Å². The number of hydrogen-bond acceptors (Lipinski definition) is 3. The number of aliphatic hydroxyl groups is 1. The normalized spacial score (nSPS) is 14.4. The van der Waals surface area contributed by atoms with E-state index in [1.165, 1.54) is 0 Å². The maximum absolute atomic E-state index is 10.1. The van der Waals surface area contributed by atoms with Crippen LogP contribution in [-0.2, 0) is 11.8 Å². The van der Waals surface area contributed by atoms with Crippen molar-refractivity contribution in [3.05, 3.63) is 17.5 Å². The van der Waals surface area contributed by atoms with E-state index >= 15 is 0 Å². The van der Waals surface area contributed by atoms with Crippen LogP contribution in [0.4, 0.5) is 0 Å². The lowest BCUT2D eigenvalue weighted by atomic mass is 9.96. The van der Waals surface area contributed by atoms with E-state index in [2.05, 4.69) is 5.10 Å². The highest BCUT2D eigenvalue weighted by molar-refractivity contribution is 5.20. The third-order valence-corrected chi connectivity index (χ3v) is 2.62. The Bertz CT molecular complexity index is 298. The Hall–Kier alpha value is -0.870. The molecule has 1 heterocycles. The molecule has 4 nitrogen and oxygen atoms in total. The molecular formula is C10H18N2O2. The summed E-state index contributed by atoms with van der Waals surface area (Å²) in [6.45, 7) is 5.63. The SMILES string of the molecule is COC(C)(C)C(O)c1c(C)cnn1C. The molecule has 1 aromatic heterocycles. The van der Waals surface area contributed by atoms with Crippen molar-refractivity contribution in [3.63, 3.8) is 0 Å². The van der Waals surface area contributed by atoms with Crippen molar-refractivity contribution in [3.8, 4) is 0 Å². The van der Waals surface area contributed by atoms with E-state index in [0.29, 0.717) is 0 Å². The highest BCUT2D eigenvalue weighted by Gasteiger charge is 2.32. The predicted octanol–water partition coefficient (Wildman–Crippen LogP) is 1.19. The molecule has 1 N–H and O–H groups in total. The molecule has 1 unspecified atom stereocenters. The minimum atomic E-state index is -0.667. The lowest BCUT2D eigenvalue weighted by molar-refractivity contribution is -0.0826.